The first-order valence-corrected chi connectivity index (χ1v) is 7.47. The maximum Gasteiger partial charge on any atom is 0.244 e. The predicted molar refractivity (Wildman–Crippen MR) is 101 cm³/mol. The number of nitrogens with one attached hydrogen (secondary N) is 1. The third-order valence-electron chi connectivity index (χ3n) is 3.39. The maximum absolute atomic E-state index is 12.5. The molecule has 1 heterocycles. The van der Waals surface area contributed by atoms with Gasteiger partial charge in [0, 0.05) is 10.7 Å². The van der Waals surface area contributed by atoms with Crippen molar-refractivity contribution in [1.29, 1.82) is 0 Å². The van der Waals surface area contributed by atoms with E-state index in [0.717, 1.165) is 15.7 Å². The van der Waals surface area contributed by atoms with Crippen molar-refractivity contribution in [2.24, 2.45) is 5.73 Å². The van der Waals surface area contributed by atoms with Gasteiger partial charge in [-0.1, -0.05) is 34.1 Å². The molecule has 3 N–H and O–H groups in total. The van der Waals surface area contributed by atoms with Gasteiger partial charge in [-0.15, -0.1) is 24.8 Å². The van der Waals surface area contributed by atoms with Gasteiger partial charge in [-0.25, -0.2) is 0 Å². The molecule has 0 aliphatic carbocycles. The van der Waals surface area contributed by atoms with Gasteiger partial charge in [-0.3, -0.25) is 9.78 Å². The molecule has 2 atom stereocenters. The third kappa shape index (κ3) is 5.46. The number of halogens is 3. The van der Waals surface area contributed by atoms with Gasteiger partial charge in [0.05, 0.1) is 11.7 Å². The van der Waals surface area contributed by atoms with Gasteiger partial charge in [0.25, 0.3) is 0 Å². The average molecular weight is 421 g/mol. The number of pyridine rings is 1. The lowest BCUT2D eigenvalue weighted by Crippen LogP contribution is -2.49. The lowest BCUT2D eigenvalue weighted by Gasteiger charge is -2.26. The minimum atomic E-state index is -1.09. The Morgan fingerprint density at radius 1 is 1.22 bits per heavy atom. The molecule has 23 heavy (non-hydrogen) atoms. The maximum atomic E-state index is 12.5. The van der Waals surface area contributed by atoms with Crippen molar-refractivity contribution in [3.05, 3.63) is 64.4 Å². The molecule has 0 saturated heterocycles. The summed E-state index contributed by atoms with van der Waals surface area (Å²) in [5.41, 5.74) is 6.68. The minimum absolute atomic E-state index is 0. The van der Waals surface area contributed by atoms with E-state index >= 15 is 0 Å². The molecule has 0 saturated carbocycles. The summed E-state index contributed by atoms with van der Waals surface area (Å²) >= 11 is 3.37. The van der Waals surface area contributed by atoms with Gasteiger partial charge in [-0.05, 0) is 43.7 Å². The van der Waals surface area contributed by atoms with Gasteiger partial charge >= 0.3 is 0 Å². The Labute approximate surface area is 157 Å². The normalized spacial score (nSPS) is 13.7. The molecule has 0 aliphatic rings. The minimum Gasteiger partial charge on any atom is -0.346 e. The highest BCUT2D eigenvalue weighted by molar-refractivity contribution is 9.10. The lowest BCUT2D eigenvalue weighted by atomic mass is 9.92. The number of nitrogens with two attached hydrogens (primary N) is 1. The number of amides is 1. The van der Waals surface area contributed by atoms with Gasteiger partial charge in [-0.2, -0.15) is 0 Å². The van der Waals surface area contributed by atoms with E-state index in [1.54, 1.807) is 13.1 Å². The Hall–Kier alpha value is -1.14. The number of carbonyl (C=O) groups is 1. The molecule has 1 aromatic heterocycles. The standard InChI is InChI=1S/C16H18BrN3O.2ClH/c1-11(14-5-3-4-10-19-14)20-15(21)16(2,18)12-6-8-13(17)9-7-12;;/h3-11H,18H2,1-2H3,(H,20,21);2*1H. The Morgan fingerprint density at radius 2 is 1.83 bits per heavy atom. The highest BCUT2D eigenvalue weighted by Gasteiger charge is 2.31. The Morgan fingerprint density at radius 3 is 2.35 bits per heavy atom. The van der Waals surface area contributed by atoms with Crippen LogP contribution in [0.3, 0.4) is 0 Å². The van der Waals surface area contributed by atoms with Crippen LogP contribution >= 0.6 is 40.7 Å². The van der Waals surface area contributed by atoms with Crippen molar-refractivity contribution >= 4 is 46.7 Å². The Balaban J connectivity index is 0.00000242. The monoisotopic (exact) mass is 419 g/mol. The van der Waals surface area contributed by atoms with Gasteiger partial charge in [0.15, 0.2) is 0 Å². The first kappa shape index (κ1) is 21.9. The fourth-order valence-corrected chi connectivity index (χ4v) is 2.24. The topological polar surface area (TPSA) is 68.0 Å². The second kappa shape index (κ2) is 9.23. The van der Waals surface area contributed by atoms with Crippen molar-refractivity contribution in [2.75, 3.05) is 0 Å². The molecule has 2 aromatic rings. The van der Waals surface area contributed by atoms with Crippen LogP contribution in [0.1, 0.15) is 31.1 Å². The molecule has 0 spiro atoms. The largest absolute Gasteiger partial charge is 0.346 e. The predicted octanol–water partition coefficient (Wildman–Crippen LogP) is 3.74. The molecule has 1 amide bonds. The summed E-state index contributed by atoms with van der Waals surface area (Å²) in [7, 11) is 0. The summed E-state index contributed by atoms with van der Waals surface area (Å²) in [4.78, 5) is 16.7. The highest BCUT2D eigenvalue weighted by Crippen LogP contribution is 2.22. The molecule has 0 aliphatic heterocycles. The molecule has 2 unspecified atom stereocenters. The number of rotatable bonds is 4. The third-order valence-corrected chi connectivity index (χ3v) is 3.92. The van der Waals surface area contributed by atoms with E-state index in [1.807, 2.05) is 49.4 Å². The fraction of sp³-hybridized carbons (Fsp3) is 0.250. The molecule has 4 nitrogen and oxygen atoms in total. The van der Waals surface area contributed by atoms with Crippen LogP contribution in [0, 0.1) is 0 Å². The van der Waals surface area contributed by atoms with E-state index in [2.05, 4.69) is 26.2 Å². The van der Waals surface area contributed by atoms with Crippen molar-refractivity contribution < 1.29 is 4.79 Å². The molecular formula is C16H20BrCl2N3O. The number of hydrogen-bond acceptors (Lipinski definition) is 3. The summed E-state index contributed by atoms with van der Waals surface area (Å²) in [6.45, 7) is 3.59. The Kier molecular flexibility index (Phi) is 8.77. The van der Waals surface area contributed by atoms with Crippen LogP contribution in [-0.2, 0) is 10.3 Å². The number of carbonyl (C=O) groups excluding carboxylic acids is 1. The van der Waals surface area contributed by atoms with Crippen LogP contribution in [-0.4, -0.2) is 10.9 Å². The van der Waals surface area contributed by atoms with E-state index < -0.39 is 5.54 Å². The average Bonchev–Trinajstić information content (AvgIpc) is 2.48. The molecule has 0 bridgehead atoms. The first-order valence-electron chi connectivity index (χ1n) is 6.68. The second-order valence-corrected chi connectivity index (χ2v) is 6.07. The molecule has 0 fully saturated rings. The smallest absolute Gasteiger partial charge is 0.244 e. The zero-order valence-electron chi connectivity index (χ0n) is 12.8. The molecule has 126 valence electrons. The number of hydrogen-bond donors (Lipinski definition) is 2. The van der Waals surface area contributed by atoms with Crippen molar-refractivity contribution in [3.63, 3.8) is 0 Å². The van der Waals surface area contributed by atoms with Crippen LogP contribution < -0.4 is 11.1 Å². The quantitative estimate of drug-likeness (QED) is 0.791. The van der Waals surface area contributed by atoms with Gasteiger partial charge in [0.1, 0.15) is 5.54 Å². The van der Waals surface area contributed by atoms with Gasteiger partial charge < -0.3 is 11.1 Å². The second-order valence-electron chi connectivity index (χ2n) is 5.16. The van der Waals surface area contributed by atoms with Crippen LogP contribution in [0.2, 0.25) is 0 Å². The van der Waals surface area contributed by atoms with E-state index in [1.165, 1.54) is 0 Å². The number of nitrogens with zero attached hydrogens (tertiary/aromatic N) is 1. The van der Waals surface area contributed by atoms with Crippen LogP contribution in [0.15, 0.2) is 53.1 Å². The summed E-state index contributed by atoms with van der Waals surface area (Å²) in [6.07, 6.45) is 1.70. The summed E-state index contributed by atoms with van der Waals surface area (Å²) < 4.78 is 0.948. The molecule has 2 rings (SSSR count). The van der Waals surface area contributed by atoms with E-state index in [4.69, 9.17) is 5.73 Å². The summed E-state index contributed by atoms with van der Waals surface area (Å²) in [5, 5.41) is 2.91. The van der Waals surface area contributed by atoms with Crippen molar-refractivity contribution in [1.82, 2.24) is 10.3 Å². The molecule has 7 heteroatoms. The Bertz CT molecular complexity index is 621. The zero-order valence-corrected chi connectivity index (χ0v) is 16.0. The van der Waals surface area contributed by atoms with Crippen molar-refractivity contribution in [2.45, 2.75) is 25.4 Å². The number of benzene rings is 1. The summed E-state index contributed by atoms with van der Waals surface area (Å²) in [5.74, 6) is -0.233. The van der Waals surface area contributed by atoms with E-state index in [9.17, 15) is 4.79 Å². The fourth-order valence-electron chi connectivity index (χ4n) is 1.98. The summed E-state index contributed by atoms with van der Waals surface area (Å²) in [6, 6.07) is 12.8. The van der Waals surface area contributed by atoms with Crippen molar-refractivity contribution in [3.8, 4) is 0 Å². The number of aromatic nitrogens is 1. The molecular weight excluding hydrogens is 401 g/mol. The zero-order chi connectivity index (χ0) is 15.5. The van der Waals surface area contributed by atoms with E-state index in [-0.39, 0.29) is 36.8 Å². The van der Waals surface area contributed by atoms with Crippen LogP contribution in [0.5, 0.6) is 0 Å². The lowest BCUT2D eigenvalue weighted by molar-refractivity contribution is -0.126. The first-order chi connectivity index (χ1) is 9.91. The molecule has 1 aromatic carbocycles. The highest BCUT2D eigenvalue weighted by atomic mass is 79.9. The van der Waals surface area contributed by atoms with Crippen LogP contribution in [0.25, 0.3) is 0 Å². The molecule has 0 radical (unpaired) electrons. The van der Waals surface area contributed by atoms with Crippen LogP contribution in [0.4, 0.5) is 0 Å². The van der Waals surface area contributed by atoms with Gasteiger partial charge in [0.2, 0.25) is 5.91 Å². The van der Waals surface area contributed by atoms with E-state index in [0.29, 0.717) is 0 Å². The SMILES string of the molecule is CC(NC(=O)C(C)(N)c1ccc(Br)cc1)c1ccccn1.Cl.Cl.